The molecule has 1 aliphatic carbocycles. The van der Waals surface area contributed by atoms with Crippen molar-refractivity contribution in [2.24, 2.45) is 5.92 Å². The van der Waals surface area contributed by atoms with Gasteiger partial charge in [-0.25, -0.2) is 0 Å². The summed E-state index contributed by atoms with van der Waals surface area (Å²) < 4.78 is 0. The van der Waals surface area contributed by atoms with Gasteiger partial charge >= 0.3 is 0 Å². The van der Waals surface area contributed by atoms with Crippen LogP contribution < -0.4 is 0 Å². The molecule has 0 bridgehead atoms. The van der Waals surface area contributed by atoms with Crippen molar-refractivity contribution in [3.05, 3.63) is 47.5 Å². The summed E-state index contributed by atoms with van der Waals surface area (Å²) in [5.41, 5.74) is 2.31. The molecule has 1 aromatic carbocycles. The molecule has 1 aromatic rings. The molecular formula is C14H13NO2. The van der Waals surface area contributed by atoms with E-state index >= 15 is 0 Å². The first-order chi connectivity index (χ1) is 8.18. The first kappa shape index (κ1) is 10.3. The Kier molecular flexibility index (Phi) is 2.15. The van der Waals surface area contributed by atoms with Crippen molar-refractivity contribution in [3.8, 4) is 0 Å². The molecule has 1 heterocycles. The zero-order valence-corrected chi connectivity index (χ0v) is 9.48. The van der Waals surface area contributed by atoms with Crippen LogP contribution in [-0.4, -0.2) is 23.3 Å². The maximum Gasteiger partial charge on any atom is 0.261 e. The summed E-state index contributed by atoms with van der Waals surface area (Å²) in [6.45, 7) is 4.39. The molecule has 3 rings (SSSR count). The van der Waals surface area contributed by atoms with E-state index in [0.717, 1.165) is 12.8 Å². The molecule has 0 N–H and O–H groups in total. The lowest BCUT2D eigenvalue weighted by Crippen LogP contribution is -2.30. The molecule has 3 heteroatoms. The van der Waals surface area contributed by atoms with Crippen LogP contribution in [0.4, 0.5) is 0 Å². The van der Waals surface area contributed by atoms with Crippen LogP contribution in [0.15, 0.2) is 36.4 Å². The van der Waals surface area contributed by atoms with Crippen LogP contribution in [0, 0.1) is 5.92 Å². The zero-order chi connectivity index (χ0) is 12.0. The van der Waals surface area contributed by atoms with Crippen molar-refractivity contribution in [2.45, 2.75) is 12.8 Å². The van der Waals surface area contributed by atoms with Gasteiger partial charge in [-0.3, -0.25) is 14.5 Å². The third kappa shape index (κ3) is 1.58. The molecule has 1 saturated carbocycles. The molecule has 1 fully saturated rings. The average molecular weight is 227 g/mol. The lowest BCUT2D eigenvalue weighted by Gasteiger charge is -2.12. The molecule has 0 radical (unpaired) electrons. The van der Waals surface area contributed by atoms with E-state index in [1.807, 2.05) is 0 Å². The first-order valence-electron chi connectivity index (χ1n) is 5.81. The number of allylic oxidation sites excluding steroid dienone is 1. The predicted octanol–water partition coefficient (Wildman–Crippen LogP) is 2.25. The Bertz CT molecular complexity index is 498. The highest BCUT2D eigenvalue weighted by Crippen LogP contribution is 2.39. The largest absolute Gasteiger partial charge is 0.274 e. The van der Waals surface area contributed by atoms with Crippen molar-refractivity contribution in [1.82, 2.24) is 4.90 Å². The molecule has 86 valence electrons. The number of rotatable bonds is 3. The van der Waals surface area contributed by atoms with E-state index in [9.17, 15) is 9.59 Å². The summed E-state index contributed by atoms with van der Waals surface area (Å²) in [4.78, 5) is 25.4. The highest BCUT2D eigenvalue weighted by atomic mass is 16.2. The summed E-state index contributed by atoms with van der Waals surface area (Å²) in [5, 5.41) is 0. The van der Waals surface area contributed by atoms with Gasteiger partial charge in [0.2, 0.25) is 0 Å². The van der Waals surface area contributed by atoms with Crippen LogP contribution >= 0.6 is 0 Å². The molecular weight excluding hydrogens is 214 g/mol. The predicted molar refractivity (Wildman–Crippen MR) is 63.7 cm³/mol. The van der Waals surface area contributed by atoms with Gasteiger partial charge in [-0.2, -0.15) is 0 Å². The van der Waals surface area contributed by atoms with Gasteiger partial charge in [-0.05, 0) is 30.9 Å². The molecule has 0 aromatic heterocycles. The Morgan fingerprint density at radius 2 is 1.71 bits per heavy atom. The highest BCUT2D eigenvalue weighted by Gasteiger charge is 2.36. The van der Waals surface area contributed by atoms with Crippen molar-refractivity contribution >= 4 is 11.8 Å². The summed E-state index contributed by atoms with van der Waals surface area (Å²) in [5.74, 6) is 0.202. The molecule has 1 aliphatic heterocycles. The number of carbonyl (C=O) groups is 2. The van der Waals surface area contributed by atoms with E-state index in [-0.39, 0.29) is 11.8 Å². The molecule has 2 amide bonds. The molecule has 0 saturated heterocycles. The fourth-order valence-electron chi connectivity index (χ4n) is 2.29. The summed E-state index contributed by atoms with van der Waals surface area (Å²) in [6.07, 6.45) is 1.90. The fraction of sp³-hybridized carbons (Fsp3) is 0.286. The molecule has 17 heavy (non-hydrogen) atoms. The third-order valence-electron chi connectivity index (χ3n) is 3.51. The Morgan fingerprint density at radius 1 is 1.18 bits per heavy atom. The topological polar surface area (TPSA) is 37.4 Å². The van der Waals surface area contributed by atoms with Crippen LogP contribution in [0.2, 0.25) is 0 Å². The highest BCUT2D eigenvalue weighted by molar-refractivity contribution is 6.21. The third-order valence-corrected chi connectivity index (χ3v) is 3.51. The summed E-state index contributed by atoms with van der Waals surface area (Å²) >= 11 is 0. The number of nitrogens with zero attached hydrogens (tertiary/aromatic N) is 1. The average Bonchev–Trinajstić information content (AvgIpc) is 2.99. The maximum absolute atomic E-state index is 12.0. The SMILES string of the molecule is C=C1CC1CCN1C(=O)c2ccccc2C1=O. The van der Waals surface area contributed by atoms with Gasteiger partial charge in [-0.15, -0.1) is 0 Å². The lowest BCUT2D eigenvalue weighted by atomic mass is 10.1. The van der Waals surface area contributed by atoms with Crippen molar-refractivity contribution in [1.29, 1.82) is 0 Å². The molecule has 1 atom stereocenters. The minimum atomic E-state index is -0.156. The van der Waals surface area contributed by atoms with Crippen LogP contribution in [0.5, 0.6) is 0 Å². The van der Waals surface area contributed by atoms with Crippen molar-refractivity contribution < 1.29 is 9.59 Å². The molecule has 2 aliphatic rings. The second-order valence-corrected chi connectivity index (χ2v) is 4.66. The van der Waals surface area contributed by atoms with Gasteiger partial charge in [0.1, 0.15) is 0 Å². The van der Waals surface area contributed by atoms with Crippen molar-refractivity contribution in [3.63, 3.8) is 0 Å². The molecule has 3 nitrogen and oxygen atoms in total. The second-order valence-electron chi connectivity index (χ2n) is 4.66. The van der Waals surface area contributed by atoms with E-state index in [1.165, 1.54) is 10.5 Å². The lowest BCUT2D eigenvalue weighted by molar-refractivity contribution is 0.0651. The van der Waals surface area contributed by atoms with Gasteiger partial charge in [0.15, 0.2) is 0 Å². The van der Waals surface area contributed by atoms with E-state index in [0.29, 0.717) is 23.6 Å². The Morgan fingerprint density at radius 3 is 2.18 bits per heavy atom. The van der Waals surface area contributed by atoms with Crippen molar-refractivity contribution in [2.75, 3.05) is 6.54 Å². The maximum atomic E-state index is 12.0. The van der Waals surface area contributed by atoms with E-state index in [1.54, 1.807) is 24.3 Å². The molecule has 1 unspecified atom stereocenters. The Balaban J connectivity index is 1.78. The van der Waals surface area contributed by atoms with Crippen LogP contribution in [-0.2, 0) is 0 Å². The monoisotopic (exact) mass is 227 g/mol. The van der Waals surface area contributed by atoms with E-state index in [2.05, 4.69) is 6.58 Å². The van der Waals surface area contributed by atoms with E-state index < -0.39 is 0 Å². The van der Waals surface area contributed by atoms with Crippen LogP contribution in [0.1, 0.15) is 33.6 Å². The standard InChI is InChI=1S/C14H13NO2/c1-9-8-10(9)6-7-15-13(16)11-4-2-3-5-12(11)14(15)17/h2-5,10H,1,6-8H2. The van der Waals surface area contributed by atoms with Gasteiger partial charge in [0, 0.05) is 6.54 Å². The number of hydrogen-bond donors (Lipinski definition) is 0. The second kappa shape index (κ2) is 3.55. The summed E-state index contributed by atoms with van der Waals surface area (Å²) in [6, 6.07) is 7.00. The quantitative estimate of drug-likeness (QED) is 0.586. The van der Waals surface area contributed by atoms with Crippen LogP contribution in [0.25, 0.3) is 0 Å². The number of amides is 2. The number of imide groups is 1. The first-order valence-corrected chi connectivity index (χ1v) is 5.81. The minimum absolute atomic E-state index is 0.156. The molecule has 0 spiro atoms. The number of hydrogen-bond acceptors (Lipinski definition) is 2. The van der Waals surface area contributed by atoms with Gasteiger partial charge < -0.3 is 0 Å². The normalized spacial score (nSPS) is 22.0. The Labute approximate surface area is 99.7 Å². The zero-order valence-electron chi connectivity index (χ0n) is 9.48. The number of carbonyl (C=O) groups excluding carboxylic acids is 2. The van der Waals surface area contributed by atoms with Gasteiger partial charge in [0.25, 0.3) is 11.8 Å². The van der Waals surface area contributed by atoms with Crippen LogP contribution in [0.3, 0.4) is 0 Å². The van der Waals surface area contributed by atoms with Gasteiger partial charge in [-0.1, -0.05) is 24.3 Å². The number of fused-ring (bicyclic) bond motifs is 1. The smallest absolute Gasteiger partial charge is 0.261 e. The minimum Gasteiger partial charge on any atom is -0.274 e. The fourth-order valence-corrected chi connectivity index (χ4v) is 2.29. The number of benzene rings is 1. The summed E-state index contributed by atoms with van der Waals surface area (Å²) in [7, 11) is 0. The van der Waals surface area contributed by atoms with Gasteiger partial charge in [0.05, 0.1) is 11.1 Å². The Hall–Kier alpha value is -1.90. The van der Waals surface area contributed by atoms with E-state index in [4.69, 9.17) is 0 Å².